The molecular formula is C15H23FN2O. The van der Waals surface area contributed by atoms with Gasteiger partial charge >= 0.3 is 0 Å². The molecule has 1 aromatic carbocycles. The van der Waals surface area contributed by atoms with E-state index in [-0.39, 0.29) is 11.9 Å². The molecule has 1 aliphatic heterocycles. The van der Waals surface area contributed by atoms with E-state index in [0.29, 0.717) is 6.04 Å². The fourth-order valence-corrected chi connectivity index (χ4v) is 2.63. The summed E-state index contributed by atoms with van der Waals surface area (Å²) in [5.74, 6) is -0.181. The smallest absolute Gasteiger partial charge is 0.123 e. The highest BCUT2D eigenvalue weighted by atomic mass is 19.1. The van der Waals surface area contributed by atoms with Crippen LogP contribution in [0, 0.1) is 5.82 Å². The van der Waals surface area contributed by atoms with Crippen LogP contribution in [0.25, 0.3) is 0 Å². The molecule has 106 valence electrons. The lowest BCUT2D eigenvalue weighted by molar-refractivity contribution is 0.193. The molecule has 0 bridgehead atoms. The average molecular weight is 266 g/mol. The maximum Gasteiger partial charge on any atom is 0.123 e. The Bertz CT molecular complexity index is 419. The molecule has 1 aromatic rings. The number of nitrogens with zero attached hydrogens (tertiary/aromatic N) is 1. The van der Waals surface area contributed by atoms with E-state index in [2.05, 4.69) is 31.1 Å². The minimum absolute atomic E-state index is 0.139. The van der Waals surface area contributed by atoms with Crippen molar-refractivity contribution in [2.75, 3.05) is 31.7 Å². The summed E-state index contributed by atoms with van der Waals surface area (Å²) >= 11 is 0. The van der Waals surface area contributed by atoms with E-state index in [1.54, 1.807) is 6.07 Å². The zero-order valence-corrected chi connectivity index (χ0v) is 11.9. The maximum absolute atomic E-state index is 13.5. The number of ether oxygens (including phenoxy) is 1. The van der Waals surface area contributed by atoms with E-state index in [1.807, 2.05) is 6.07 Å². The summed E-state index contributed by atoms with van der Waals surface area (Å²) in [6, 6.07) is 5.56. The third-order valence-electron chi connectivity index (χ3n) is 3.80. The average Bonchev–Trinajstić information content (AvgIpc) is 2.92. The predicted molar refractivity (Wildman–Crippen MR) is 76.1 cm³/mol. The summed E-state index contributed by atoms with van der Waals surface area (Å²) < 4.78 is 19.0. The van der Waals surface area contributed by atoms with Crippen LogP contribution >= 0.6 is 0 Å². The Kier molecular flexibility index (Phi) is 4.77. The minimum atomic E-state index is -0.181. The van der Waals surface area contributed by atoms with E-state index < -0.39 is 0 Å². The Hall–Kier alpha value is -1.13. The summed E-state index contributed by atoms with van der Waals surface area (Å²) in [5.41, 5.74) is 2.10. The number of anilines is 1. The van der Waals surface area contributed by atoms with Crippen LogP contribution in [0.15, 0.2) is 18.2 Å². The van der Waals surface area contributed by atoms with E-state index in [1.165, 1.54) is 6.07 Å². The molecule has 0 aromatic heterocycles. The van der Waals surface area contributed by atoms with Crippen molar-refractivity contribution in [3.8, 4) is 0 Å². The Balaban J connectivity index is 2.27. The van der Waals surface area contributed by atoms with Crippen molar-refractivity contribution in [2.45, 2.75) is 32.4 Å². The van der Waals surface area contributed by atoms with E-state index >= 15 is 0 Å². The molecule has 1 aliphatic rings. The third-order valence-corrected chi connectivity index (χ3v) is 3.80. The van der Waals surface area contributed by atoms with E-state index in [4.69, 9.17) is 4.74 Å². The highest BCUT2D eigenvalue weighted by Crippen LogP contribution is 2.29. The highest BCUT2D eigenvalue weighted by Gasteiger charge is 2.23. The van der Waals surface area contributed by atoms with Crippen LogP contribution in [0.3, 0.4) is 0 Å². The number of halogens is 1. The van der Waals surface area contributed by atoms with Crippen LogP contribution in [0.4, 0.5) is 10.1 Å². The number of rotatable bonds is 5. The van der Waals surface area contributed by atoms with Crippen molar-refractivity contribution in [1.82, 2.24) is 5.32 Å². The van der Waals surface area contributed by atoms with Crippen LogP contribution in [-0.4, -0.2) is 32.8 Å². The molecule has 0 spiro atoms. The molecular weight excluding hydrogens is 243 g/mol. The Labute approximate surface area is 114 Å². The number of hydrogen-bond acceptors (Lipinski definition) is 3. The monoisotopic (exact) mass is 266 g/mol. The molecule has 0 saturated carbocycles. The van der Waals surface area contributed by atoms with Crippen LogP contribution in [0.2, 0.25) is 0 Å². The maximum atomic E-state index is 13.5. The summed E-state index contributed by atoms with van der Waals surface area (Å²) in [6.07, 6.45) is 1.03. The van der Waals surface area contributed by atoms with Gasteiger partial charge in [0.2, 0.25) is 0 Å². The topological polar surface area (TPSA) is 24.5 Å². The van der Waals surface area contributed by atoms with Gasteiger partial charge in [0.05, 0.1) is 12.6 Å². The van der Waals surface area contributed by atoms with Crippen LogP contribution in [0.1, 0.15) is 31.9 Å². The standard InChI is InChI=1S/C15H23FN2O/c1-4-17-11(2)14-9-12(16)5-6-15(14)18(3)13-7-8-19-10-13/h5-6,9,11,13,17H,4,7-8,10H2,1-3H3. The number of nitrogens with one attached hydrogen (secondary N) is 1. The summed E-state index contributed by atoms with van der Waals surface area (Å²) in [6.45, 7) is 6.56. The molecule has 2 atom stereocenters. The van der Waals surface area contributed by atoms with E-state index in [0.717, 1.165) is 37.4 Å². The first-order valence-electron chi connectivity index (χ1n) is 6.97. The Morgan fingerprint density at radius 3 is 2.95 bits per heavy atom. The zero-order chi connectivity index (χ0) is 13.8. The molecule has 2 unspecified atom stereocenters. The van der Waals surface area contributed by atoms with Gasteiger partial charge in [-0.2, -0.15) is 0 Å². The number of hydrogen-bond donors (Lipinski definition) is 1. The van der Waals surface area contributed by atoms with Crippen molar-refractivity contribution in [1.29, 1.82) is 0 Å². The van der Waals surface area contributed by atoms with Gasteiger partial charge in [-0.3, -0.25) is 0 Å². The molecule has 2 rings (SSSR count). The fraction of sp³-hybridized carbons (Fsp3) is 0.600. The first-order valence-corrected chi connectivity index (χ1v) is 6.97. The van der Waals surface area contributed by atoms with Crippen molar-refractivity contribution in [3.63, 3.8) is 0 Å². The SMILES string of the molecule is CCNC(C)c1cc(F)ccc1N(C)C1CCOC1. The largest absolute Gasteiger partial charge is 0.379 e. The van der Waals surface area contributed by atoms with Gasteiger partial charge in [-0.1, -0.05) is 6.92 Å². The van der Waals surface area contributed by atoms with Gasteiger partial charge in [-0.25, -0.2) is 4.39 Å². The minimum Gasteiger partial charge on any atom is -0.379 e. The third kappa shape index (κ3) is 3.25. The van der Waals surface area contributed by atoms with Crippen LogP contribution in [0.5, 0.6) is 0 Å². The molecule has 0 radical (unpaired) electrons. The lowest BCUT2D eigenvalue weighted by Crippen LogP contribution is -2.33. The first kappa shape index (κ1) is 14.3. The molecule has 1 heterocycles. The van der Waals surface area contributed by atoms with Gasteiger partial charge < -0.3 is 15.0 Å². The quantitative estimate of drug-likeness (QED) is 0.887. The zero-order valence-electron chi connectivity index (χ0n) is 11.9. The Morgan fingerprint density at radius 1 is 1.53 bits per heavy atom. The lowest BCUT2D eigenvalue weighted by Gasteiger charge is -2.29. The lowest BCUT2D eigenvalue weighted by atomic mass is 10.0. The Morgan fingerprint density at radius 2 is 2.32 bits per heavy atom. The van der Waals surface area contributed by atoms with E-state index in [9.17, 15) is 4.39 Å². The molecule has 1 fully saturated rings. The molecule has 0 aliphatic carbocycles. The van der Waals surface area contributed by atoms with Gasteiger partial charge in [0.25, 0.3) is 0 Å². The van der Waals surface area contributed by atoms with Crippen molar-refractivity contribution >= 4 is 5.69 Å². The molecule has 0 amide bonds. The highest BCUT2D eigenvalue weighted by molar-refractivity contribution is 5.55. The molecule has 3 nitrogen and oxygen atoms in total. The van der Waals surface area contributed by atoms with Crippen molar-refractivity contribution in [3.05, 3.63) is 29.6 Å². The molecule has 1 saturated heterocycles. The van der Waals surface area contributed by atoms with Gasteiger partial charge in [-0.05, 0) is 43.7 Å². The normalized spacial score (nSPS) is 20.5. The number of likely N-dealkylation sites (N-methyl/N-ethyl adjacent to an activating group) is 1. The molecule has 19 heavy (non-hydrogen) atoms. The summed E-state index contributed by atoms with van der Waals surface area (Å²) in [4.78, 5) is 2.22. The van der Waals surface area contributed by atoms with Gasteiger partial charge in [0.15, 0.2) is 0 Å². The van der Waals surface area contributed by atoms with Crippen LogP contribution < -0.4 is 10.2 Å². The van der Waals surface area contributed by atoms with Gasteiger partial charge in [0, 0.05) is 25.4 Å². The number of benzene rings is 1. The summed E-state index contributed by atoms with van der Waals surface area (Å²) in [5, 5.41) is 3.35. The summed E-state index contributed by atoms with van der Waals surface area (Å²) in [7, 11) is 2.06. The van der Waals surface area contributed by atoms with Crippen molar-refractivity contribution in [2.24, 2.45) is 0 Å². The predicted octanol–water partition coefficient (Wildman–Crippen LogP) is 2.72. The fourth-order valence-electron chi connectivity index (χ4n) is 2.63. The second kappa shape index (κ2) is 6.35. The second-order valence-corrected chi connectivity index (χ2v) is 5.11. The van der Waals surface area contributed by atoms with Crippen molar-refractivity contribution < 1.29 is 9.13 Å². The van der Waals surface area contributed by atoms with Gasteiger partial charge in [0.1, 0.15) is 5.82 Å². The molecule has 1 N–H and O–H groups in total. The first-order chi connectivity index (χ1) is 9.13. The van der Waals surface area contributed by atoms with Gasteiger partial charge in [-0.15, -0.1) is 0 Å². The van der Waals surface area contributed by atoms with Crippen LogP contribution in [-0.2, 0) is 4.74 Å². The molecule has 4 heteroatoms. The second-order valence-electron chi connectivity index (χ2n) is 5.11.